The van der Waals surface area contributed by atoms with Crippen LogP contribution in [0.15, 0.2) is 0 Å². The monoisotopic (exact) mass is 418 g/mol. The minimum Gasteiger partial charge on any atom is -0.421 e. The summed E-state index contributed by atoms with van der Waals surface area (Å²) in [7, 11) is 0. The molecule has 9 heteroatoms. The lowest BCUT2D eigenvalue weighted by atomic mass is 10.3. The van der Waals surface area contributed by atoms with E-state index in [0.717, 1.165) is 0 Å². The Morgan fingerprint density at radius 1 is 0.941 bits per heavy atom. The van der Waals surface area contributed by atoms with Crippen molar-refractivity contribution in [1.82, 2.24) is 0 Å². The highest BCUT2D eigenvalue weighted by Crippen LogP contribution is 2.48. The van der Waals surface area contributed by atoms with E-state index in [4.69, 9.17) is 74.3 Å². The van der Waals surface area contributed by atoms with E-state index in [2.05, 4.69) is 15.9 Å². The smallest absolute Gasteiger partial charge is 0.340 e. The van der Waals surface area contributed by atoms with Crippen molar-refractivity contribution in [3.05, 3.63) is 25.1 Å². The van der Waals surface area contributed by atoms with Gasteiger partial charge < -0.3 is 4.74 Å². The van der Waals surface area contributed by atoms with Crippen LogP contribution in [0.2, 0.25) is 25.1 Å². The fraction of sp³-hybridized carbons (Fsp3) is 0.125. The van der Waals surface area contributed by atoms with Gasteiger partial charge in [-0.05, 0) is 0 Å². The molecule has 1 rings (SSSR count). The van der Waals surface area contributed by atoms with Crippen molar-refractivity contribution in [2.24, 2.45) is 0 Å². The highest BCUT2D eigenvalue weighted by molar-refractivity contribution is 9.10. The quantitative estimate of drug-likeness (QED) is 0.198. The normalized spacial score (nSPS) is 12.4. The minimum atomic E-state index is -1.05. The third kappa shape index (κ3) is 3.47. The van der Waals surface area contributed by atoms with Crippen molar-refractivity contribution in [3.63, 3.8) is 0 Å². The van der Waals surface area contributed by atoms with Crippen molar-refractivity contribution >= 4 is 91.5 Å². The molecule has 0 aromatic heterocycles. The Labute approximate surface area is 135 Å². The van der Waals surface area contributed by atoms with Gasteiger partial charge in [0, 0.05) is 0 Å². The van der Waals surface area contributed by atoms with Crippen LogP contribution in [0.25, 0.3) is 0 Å². The van der Waals surface area contributed by atoms with Gasteiger partial charge in [-0.25, -0.2) is 4.79 Å². The molecule has 0 amide bonds. The zero-order valence-corrected chi connectivity index (χ0v) is 13.7. The van der Waals surface area contributed by atoms with Crippen LogP contribution in [-0.2, 0) is 4.79 Å². The molecule has 0 aliphatic heterocycles. The summed E-state index contributed by atoms with van der Waals surface area (Å²) in [6.07, 6.45) is 0. The van der Waals surface area contributed by atoms with Gasteiger partial charge in [0.2, 0.25) is 0 Å². The van der Waals surface area contributed by atoms with Crippen molar-refractivity contribution in [3.8, 4) is 5.75 Å². The molecular weight excluding hydrogens is 421 g/mol. The molecule has 0 heterocycles. The molecule has 17 heavy (non-hydrogen) atoms. The Kier molecular flexibility index (Phi) is 5.99. The van der Waals surface area contributed by atoms with E-state index in [1.165, 1.54) is 0 Å². The molecule has 0 saturated heterocycles. The molecule has 0 radical (unpaired) electrons. The summed E-state index contributed by atoms with van der Waals surface area (Å²) in [6, 6.07) is 0. The number of hydrogen-bond acceptors (Lipinski definition) is 2. The third-order valence-electron chi connectivity index (χ3n) is 1.55. The average molecular weight is 422 g/mol. The molecule has 0 N–H and O–H groups in total. The summed E-state index contributed by atoms with van der Waals surface area (Å²) in [6.45, 7) is 0. The van der Waals surface area contributed by atoms with Crippen LogP contribution in [0.1, 0.15) is 0 Å². The van der Waals surface area contributed by atoms with Crippen LogP contribution in [0, 0.1) is 0 Å². The molecule has 0 aliphatic carbocycles. The van der Waals surface area contributed by atoms with Crippen molar-refractivity contribution in [2.75, 3.05) is 0 Å². The zero-order chi connectivity index (χ0) is 13.3. The van der Waals surface area contributed by atoms with Gasteiger partial charge in [0.1, 0.15) is 10.0 Å². The second-order valence-electron chi connectivity index (χ2n) is 2.62. The van der Waals surface area contributed by atoms with Gasteiger partial charge in [-0.2, -0.15) is 0 Å². The molecular formula is C8HBrCl6O2. The van der Waals surface area contributed by atoms with E-state index in [-0.39, 0.29) is 30.9 Å². The Balaban J connectivity index is 3.30. The molecule has 0 unspecified atom stereocenters. The third-order valence-corrected chi connectivity index (χ3v) is 4.34. The van der Waals surface area contributed by atoms with Crippen LogP contribution in [0.4, 0.5) is 0 Å². The topological polar surface area (TPSA) is 26.3 Å². The largest absolute Gasteiger partial charge is 0.421 e. The van der Waals surface area contributed by atoms with E-state index in [1.54, 1.807) is 0 Å². The van der Waals surface area contributed by atoms with Gasteiger partial charge in [-0.3, -0.25) is 0 Å². The van der Waals surface area contributed by atoms with Crippen molar-refractivity contribution in [2.45, 2.75) is 4.29 Å². The second-order valence-corrected chi connectivity index (χ2v) is 6.39. The molecule has 0 spiro atoms. The SMILES string of the molecule is O=C(Oc1c(Cl)c(Cl)c(Cl)c(Cl)c1Cl)[C@H](Cl)Br. The summed E-state index contributed by atoms with van der Waals surface area (Å²) >= 11 is 37.2. The number of benzene rings is 1. The molecule has 1 atom stereocenters. The number of alkyl halides is 2. The van der Waals surface area contributed by atoms with Crippen LogP contribution in [0.5, 0.6) is 5.75 Å². The number of halogens is 7. The maximum atomic E-state index is 11.3. The Morgan fingerprint density at radius 2 is 1.29 bits per heavy atom. The first-order chi connectivity index (χ1) is 7.77. The van der Waals surface area contributed by atoms with E-state index < -0.39 is 10.3 Å². The van der Waals surface area contributed by atoms with E-state index in [9.17, 15) is 4.79 Å². The predicted octanol–water partition coefficient (Wildman–Crippen LogP) is 5.82. The maximum absolute atomic E-state index is 11.3. The molecule has 0 aliphatic rings. The first-order valence-electron chi connectivity index (χ1n) is 3.78. The standard InChI is InChI=1S/C8HBrCl6O2/c9-7(15)8(16)17-6-4(13)2(11)1(10)3(12)5(6)14/h7H/t7-/m0/s1. The van der Waals surface area contributed by atoms with Gasteiger partial charge in [0.25, 0.3) is 0 Å². The highest BCUT2D eigenvalue weighted by atomic mass is 79.9. The molecule has 2 nitrogen and oxygen atoms in total. The number of ether oxygens (including phenoxy) is 1. The lowest BCUT2D eigenvalue weighted by molar-refractivity contribution is -0.132. The molecule has 0 saturated carbocycles. The lowest BCUT2D eigenvalue weighted by Crippen LogP contribution is -2.15. The van der Waals surface area contributed by atoms with Crippen molar-refractivity contribution in [1.29, 1.82) is 0 Å². The molecule has 94 valence electrons. The summed E-state index contributed by atoms with van der Waals surface area (Å²) < 4.78 is 3.79. The van der Waals surface area contributed by atoms with Crippen LogP contribution in [-0.4, -0.2) is 10.3 Å². The Hall–Kier alpha value is 0.910. The molecule has 1 aromatic rings. The van der Waals surface area contributed by atoms with Gasteiger partial charge >= 0.3 is 5.97 Å². The van der Waals surface area contributed by atoms with E-state index in [1.807, 2.05) is 0 Å². The number of carbonyl (C=O) groups excluding carboxylic acids is 1. The van der Waals surface area contributed by atoms with Gasteiger partial charge in [-0.1, -0.05) is 85.5 Å². The van der Waals surface area contributed by atoms with Crippen LogP contribution in [0.3, 0.4) is 0 Å². The number of esters is 1. The molecule has 0 fully saturated rings. The second kappa shape index (κ2) is 6.38. The van der Waals surface area contributed by atoms with Crippen LogP contribution < -0.4 is 4.74 Å². The Bertz CT molecular complexity index is 447. The minimum absolute atomic E-state index is 0.0237. The summed E-state index contributed by atoms with van der Waals surface area (Å²) in [4.78, 5) is 11.3. The number of carbonyl (C=O) groups is 1. The van der Waals surface area contributed by atoms with Crippen molar-refractivity contribution < 1.29 is 9.53 Å². The van der Waals surface area contributed by atoms with E-state index >= 15 is 0 Å². The van der Waals surface area contributed by atoms with Gasteiger partial charge in [0.05, 0.1) is 15.1 Å². The fourth-order valence-corrected chi connectivity index (χ4v) is 2.16. The number of hydrogen-bond donors (Lipinski definition) is 0. The molecule has 1 aromatic carbocycles. The average Bonchev–Trinajstić information content (AvgIpc) is 2.29. The first kappa shape index (κ1) is 16.0. The Morgan fingerprint density at radius 3 is 1.65 bits per heavy atom. The highest BCUT2D eigenvalue weighted by Gasteiger charge is 2.24. The zero-order valence-electron chi connectivity index (χ0n) is 7.54. The maximum Gasteiger partial charge on any atom is 0.340 e. The van der Waals surface area contributed by atoms with Crippen LogP contribution >= 0.6 is 85.5 Å². The first-order valence-corrected chi connectivity index (χ1v) is 7.02. The predicted molar refractivity (Wildman–Crippen MR) is 75.7 cm³/mol. The number of rotatable bonds is 2. The molecule has 0 bridgehead atoms. The summed E-state index contributed by atoms with van der Waals surface area (Å²) in [5.74, 6) is -1.01. The lowest BCUT2D eigenvalue weighted by Gasteiger charge is -2.12. The fourth-order valence-electron chi connectivity index (χ4n) is 0.820. The van der Waals surface area contributed by atoms with Gasteiger partial charge in [0.15, 0.2) is 10.0 Å². The van der Waals surface area contributed by atoms with E-state index in [0.29, 0.717) is 0 Å². The summed E-state index contributed by atoms with van der Waals surface area (Å²) in [5.41, 5.74) is 0. The summed E-state index contributed by atoms with van der Waals surface area (Å²) in [5, 5.41) is -0.393. The van der Waals surface area contributed by atoms with Gasteiger partial charge in [-0.15, -0.1) is 0 Å².